The summed E-state index contributed by atoms with van der Waals surface area (Å²) in [4.78, 5) is 2.98. The lowest BCUT2D eigenvalue weighted by atomic mass is 9.80. The fourth-order valence-corrected chi connectivity index (χ4v) is 5.04. The van der Waals surface area contributed by atoms with Gasteiger partial charge in [-0.25, -0.2) is 4.99 Å². The second kappa shape index (κ2) is 4.11. The van der Waals surface area contributed by atoms with Gasteiger partial charge in [0, 0.05) is 0 Å². The smallest absolute Gasteiger partial charge is 0.311 e. The van der Waals surface area contributed by atoms with Crippen LogP contribution in [-0.4, -0.2) is 25.0 Å². The summed E-state index contributed by atoms with van der Waals surface area (Å²) in [6.07, 6.45) is 0.578. The Kier molecular flexibility index (Phi) is 2.54. The molecule has 1 aromatic carbocycles. The minimum Gasteiger partial charge on any atom is -0.311 e. The summed E-state index contributed by atoms with van der Waals surface area (Å²) in [5, 5.41) is 20.2. The molecule has 2 heterocycles. The van der Waals surface area contributed by atoms with Crippen molar-refractivity contribution in [3.8, 4) is 12.1 Å². The van der Waals surface area contributed by atoms with Gasteiger partial charge in [0.15, 0.2) is 10.8 Å². The molecule has 3 atom stereocenters. The Morgan fingerprint density at radius 1 is 1.17 bits per heavy atom. The van der Waals surface area contributed by atoms with Gasteiger partial charge in [-0.1, -0.05) is 37.3 Å². The number of hydrogen-bond acceptors (Lipinski definition) is 5. The monoisotopic (exact) mass is 309 g/mol. The number of rotatable bonds is 2. The molecule has 0 amide bonds. The van der Waals surface area contributed by atoms with Gasteiger partial charge in [0.1, 0.15) is 0 Å². The molecule has 1 saturated carbocycles. The van der Waals surface area contributed by atoms with Crippen LogP contribution in [0.3, 0.4) is 0 Å². The molecule has 1 aromatic rings. The summed E-state index contributed by atoms with van der Waals surface area (Å²) in [6.45, 7) is 2.69. The van der Waals surface area contributed by atoms with Crippen molar-refractivity contribution in [3.05, 3.63) is 35.9 Å². The van der Waals surface area contributed by atoms with Crippen LogP contribution >= 0.6 is 0 Å². The minimum atomic E-state index is -1.35. The average Bonchev–Trinajstić information content (AvgIpc) is 2.80. The van der Waals surface area contributed by atoms with Crippen molar-refractivity contribution >= 4 is 5.84 Å². The van der Waals surface area contributed by atoms with Crippen LogP contribution in [0.25, 0.3) is 0 Å². The van der Waals surface area contributed by atoms with Crippen molar-refractivity contribution < 1.29 is 14.5 Å². The highest BCUT2D eigenvalue weighted by Gasteiger charge is 3.04. The fraction of sp³-hybridized carbons (Fsp3) is 0.471. The van der Waals surface area contributed by atoms with E-state index in [9.17, 15) is 10.5 Å². The zero-order chi connectivity index (χ0) is 16.3. The van der Waals surface area contributed by atoms with E-state index in [1.165, 1.54) is 0 Å². The predicted octanol–water partition coefficient (Wildman–Crippen LogP) is -0.480. The van der Waals surface area contributed by atoms with Gasteiger partial charge in [0.05, 0.1) is 30.8 Å². The SMILES string of the molecule is CC[C@@]1(c2ccccc2)[C@]2(C#N)C(N)=[NH+]C3(OCCO3)[C@@]21C#N. The van der Waals surface area contributed by atoms with Crippen molar-refractivity contribution in [1.29, 1.82) is 10.5 Å². The first-order valence-corrected chi connectivity index (χ1v) is 7.69. The lowest BCUT2D eigenvalue weighted by Crippen LogP contribution is -2.90. The molecule has 1 spiro atoms. The molecule has 0 bridgehead atoms. The van der Waals surface area contributed by atoms with Gasteiger partial charge in [-0.15, -0.1) is 0 Å². The maximum absolute atomic E-state index is 10.2. The highest BCUT2D eigenvalue weighted by Crippen LogP contribution is 2.83. The van der Waals surface area contributed by atoms with E-state index < -0.39 is 22.2 Å². The Balaban J connectivity index is 2.05. The number of nitrogens with one attached hydrogen (secondary N) is 1. The first kappa shape index (κ1) is 14.2. The van der Waals surface area contributed by atoms with Crippen LogP contribution in [0.4, 0.5) is 0 Å². The molecule has 23 heavy (non-hydrogen) atoms. The Labute approximate surface area is 134 Å². The van der Waals surface area contributed by atoms with Crippen molar-refractivity contribution in [3.63, 3.8) is 0 Å². The standard InChI is InChI=1S/C17H16N4O2/c1-2-14(12-6-4-3-5-7-12)15(10-18)13(20)21-17(16(14,15)11-19)22-8-9-23-17/h3-7H,2,8-9H2,1H3,(H2,20,21)/p+1/t14-,15+,16-/m1/s1. The van der Waals surface area contributed by atoms with Crippen LogP contribution in [-0.2, 0) is 14.9 Å². The summed E-state index contributed by atoms with van der Waals surface area (Å²) < 4.78 is 11.6. The average molecular weight is 309 g/mol. The number of nitriles is 2. The van der Waals surface area contributed by atoms with E-state index >= 15 is 0 Å². The van der Waals surface area contributed by atoms with E-state index in [1.807, 2.05) is 37.3 Å². The van der Waals surface area contributed by atoms with E-state index in [-0.39, 0.29) is 5.84 Å². The van der Waals surface area contributed by atoms with Gasteiger partial charge in [-0.05, 0) is 12.0 Å². The van der Waals surface area contributed by atoms with Gasteiger partial charge < -0.3 is 9.47 Å². The molecule has 0 radical (unpaired) electrons. The number of hydrogen-bond donors (Lipinski definition) is 2. The Bertz CT molecular complexity index is 787. The number of fused-ring (bicyclic) bond motifs is 2. The third-order valence-electron chi connectivity index (χ3n) is 5.80. The molecular formula is C17H17N4O2+. The number of benzene rings is 1. The molecule has 2 aliphatic heterocycles. The molecule has 2 fully saturated rings. The van der Waals surface area contributed by atoms with Crippen molar-refractivity contribution in [2.75, 3.05) is 13.2 Å². The summed E-state index contributed by atoms with van der Waals surface area (Å²) >= 11 is 0. The molecule has 6 heteroatoms. The zero-order valence-electron chi connectivity index (χ0n) is 12.8. The van der Waals surface area contributed by atoms with Gasteiger partial charge in [-0.3, -0.25) is 5.73 Å². The highest BCUT2D eigenvalue weighted by molar-refractivity contribution is 5.97. The van der Waals surface area contributed by atoms with Crippen molar-refractivity contribution in [2.24, 2.45) is 16.6 Å². The Morgan fingerprint density at radius 2 is 1.83 bits per heavy atom. The molecule has 1 saturated heterocycles. The minimum absolute atomic E-state index is 0.258. The number of ether oxygens (including phenoxy) is 2. The number of nitrogens with two attached hydrogens (primary N) is 1. The van der Waals surface area contributed by atoms with Crippen LogP contribution in [0.15, 0.2) is 30.3 Å². The van der Waals surface area contributed by atoms with Crippen LogP contribution < -0.4 is 10.7 Å². The van der Waals surface area contributed by atoms with E-state index in [4.69, 9.17) is 15.2 Å². The van der Waals surface area contributed by atoms with E-state index in [2.05, 4.69) is 17.1 Å². The van der Waals surface area contributed by atoms with Gasteiger partial charge >= 0.3 is 5.91 Å². The second-order valence-corrected chi connectivity index (χ2v) is 6.20. The van der Waals surface area contributed by atoms with Crippen LogP contribution in [0.2, 0.25) is 0 Å². The van der Waals surface area contributed by atoms with Crippen LogP contribution in [0.1, 0.15) is 18.9 Å². The third kappa shape index (κ3) is 1.09. The summed E-state index contributed by atoms with van der Waals surface area (Å²) in [7, 11) is 0. The van der Waals surface area contributed by atoms with E-state index in [0.29, 0.717) is 19.6 Å². The molecular weight excluding hydrogens is 292 g/mol. The largest absolute Gasteiger partial charge is 0.343 e. The fourth-order valence-electron chi connectivity index (χ4n) is 5.04. The van der Waals surface area contributed by atoms with Crippen molar-refractivity contribution in [2.45, 2.75) is 24.7 Å². The number of nitrogens with zero attached hydrogens (tertiary/aromatic N) is 2. The topological polar surface area (TPSA) is 106 Å². The molecule has 116 valence electrons. The molecule has 0 unspecified atom stereocenters. The highest BCUT2D eigenvalue weighted by atomic mass is 16.8. The normalized spacial score (nSPS) is 39.3. The molecule has 1 aliphatic carbocycles. The van der Waals surface area contributed by atoms with Gasteiger partial charge in [-0.2, -0.15) is 10.5 Å². The maximum Gasteiger partial charge on any atom is 0.343 e. The molecule has 6 nitrogen and oxygen atoms in total. The first-order chi connectivity index (χ1) is 11.1. The summed E-state index contributed by atoms with van der Waals surface area (Å²) in [6, 6.07) is 14.3. The zero-order valence-corrected chi connectivity index (χ0v) is 12.8. The maximum atomic E-state index is 10.2. The van der Waals surface area contributed by atoms with Gasteiger partial charge in [0.2, 0.25) is 0 Å². The first-order valence-electron chi connectivity index (χ1n) is 7.69. The number of amidine groups is 1. The molecule has 3 aliphatic rings. The van der Waals surface area contributed by atoms with Gasteiger partial charge in [0.25, 0.3) is 5.84 Å². The molecule has 3 N–H and O–H groups in total. The Hall–Kier alpha value is -2.41. The summed E-state index contributed by atoms with van der Waals surface area (Å²) in [5.41, 5.74) is 4.01. The van der Waals surface area contributed by atoms with E-state index in [0.717, 1.165) is 5.56 Å². The van der Waals surface area contributed by atoms with E-state index in [1.54, 1.807) is 0 Å². The lowest BCUT2D eigenvalue weighted by molar-refractivity contribution is -0.677. The molecule has 4 rings (SSSR count). The van der Waals surface area contributed by atoms with Crippen LogP contribution in [0, 0.1) is 33.5 Å². The second-order valence-electron chi connectivity index (χ2n) is 6.20. The quantitative estimate of drug-likeness (QED) is 0.767. The van der Waals surface area contributed by atoms with Crippen LogP contribution in [0.5, 0.6) is 0 Å². The van der Waals surface area contributed by atoms with Crippen molar-refractivity contribution in [1.82, 2.24) is 0 Å². The lowest BCUT2D eigenvalue weighted by Gasteiger charge is -2.28. The third-order valence-corrected chi connectivity index (χ3v) is 5.80. The predicted molar refractivity (Wildman–Crippen MR) is 79.3 cm³/mol. The Morgan fingerprint density at radius 3 is 2.35 bits per heavy atom. The summed E-state index contributed by atoms with van der Waals surface area (Å²) in [5.74, 6) is -1.10. The molecule has 0 aromatic heterocycles.